The van der Waals surface area contributed by atoms with Gasteiger partial charge in [0.05, 0.1) is 16.8 Å². The molecule has 3 rings (SSSR count). The maximum Gasteiger partial charge on any atom is 0.274 e. The Morgan fingerprint density at radius 1 is 1.25 bits per heavy atom. The third-order valence-corrected chi connectivity index (χ3v) is 4.41. The monoisotopic (exact) mass is 348 g/mol. The Morgan fingerprint density at radius 3 is 2.62 bits per heavy atom. The van der Waals surface area contributed by atoms with Gasteiger partial charge in [-0.25, -0.2) is 4.68 Å². The summed E-state index contributed by atoms with van der Waals surface area (Å²) >= 11 is 6.17. The van der Waals surface area contributed by atoms with Crippen LogP contribution in [0, 0.1) is 0 Å². The predicted molar refractivity (Wildman–Crippen MR) is 92.6 cm³/mol. The van der Waals surface area contributed by atoms with E-state index in [2.05, 4.69) is 10.00 Å². The van der Waals surface area contributed by atoms with E-state index in [9.17, 15) is 9.90 Å². The maximum atomic E-state index is 12.6. The molecule has 1 aliphatic rings. The number of piperazine rings is 1. The molecule has 128 valence electrons. The van der Waals surface area contributed by atoms with Crippen molar-refractivity contribution in [3.63, 3.8) is 0 Å². The van der Waals surface area contributed by atoms with E-state index < -0.39 is 0 Å². The molecule has 1 N–H and O–H groups in total. The van der Waals surface area contributed by atoms with E-state index >= 15 is 0 Å². The predicted octanol–water partition coefficient (Wildman–Crippen LogP) is 1.66. The van der Waals surface area contributed by atoms with Gasteiger partial charge in [0, 0.05) is 38.9 Å². The molecule has 1 aromatic carbocycles. The molecule has 2 heterocycles. The molecule has 1 amide bonds. The number of para-hydroxylation sites is 1. The number of benzene rings is 1. The van der Waals surface area contributed by atoms with Crippen molar-refractivity contribution in [2.45, 2.75) is 13.0 Å². The Hall–Kier alpha value is -1.89. The first-order valence-electron chi connectivity index (χ1n) is 8.05. The topological polar surface area (TPSA) is 61.6 Å². The zero-order chi connectivity index (χ0) is 17.1. The van der Waals surface area contributed by atoms with Gasteiger partial charge in [0.15, 0.2) is 5.69 Å². The minimum atomic E-state index is -0.349. The highest BCUT2D eigenvalue weighted by atomic mass is 35.5. The largest absolute Gasteiger partial charge is 0.392 e. The van der Waals surface area contributed by atoms with E-state index in [1.807, 2.05) is 18.2 Å². The number of aliphatic hydroxyl groups is 1. The van der Waals surface area contributed by atoms with Gasteiger partial charge in [0.2, 0.25) is 0 Å². The first kappa shape index (κ1) is 17.0. The Kier molecular flexibility index (Phi) is 5.18. The smallest absolute Gasteiger partial charge is 0.274 e. The second kappa shape index (κ2) is 7.34. The van der Waals surface area contributed by atoms with Crippen LogP contribution in [-0.2, 0) is 0 Å². The molecule has 6 nitrogen and oxygen atoms in total. The van der Waals surface area contributed by atoms with Gasteiger partial charge in [-0.1, -0.05) is 23.7 Å². The third kappa shape index (κ3) is 3.77. The highest BCUT2D eigenvalue weighted by Gasteiger charge is 2.24. The van der Waals surface area contributed by atoms with Gasteiger partial charge in [-0.05, 0) is 25.1 Å². The Morgan fingerprint density at radius 2 is 1.96 bits per heavy atom. The van der Waals surface area contributed by atoms with Gasteiger partial charge in [-0.15, -0.1) is 0 Å². The quantitative estimate of drug-likeness (QED) is 0.913. The Balaban J connectivity index is 1.66. The minimum absolute atomic E-state index is 0.0718. The number of carbonyl (C=O) groups is 1. The molecule has 1 aromatic heterocycles. The summed E-state index contributed by atoms with van der Waals surface area (Å²) < 4.78 is 1.62. The molecule has 1 aliphatic heterocycles. The van der Waals surface area contributed by atoms with Gasteiger partial charge in [0.25, 0.3) is 5.91 Å². The van der Waals surface area contributed by atoms with Crippen molar-refractivity contribution >= 4 is 17.5 Å². The maximum absolute atomic E-state index is 12.6. The first-order valence-corrected chi connectivity index (χ1v) is 8.42. The average molecular weight is 349 g/mol. The summed E-state index contributed by atoms with van der Waals surface area (Å²) in [6.45, 7) is 5.24. The lowest BCUT2D eigenvalue weighted by molar-refractivity contribution is 0.0549. The van der Waals surface area contributed by atoms with E-state index in [0.29, 0.717) is 30.4 Å². The third-order valence-electron chi connectivity index (χ3n) is 4.09. The molecule has 7 heteroatoms. The van der Waals surface area contributed by atoms with Crippen LogP contribution in [0.15, 0.2) is 36.5 Å². The molecule has 1 unspecified atom stereocenters. The fourth-order valence-electron chi connectivity index (χ4n) is 2.88. The molecule has 1 fully saturated rings. The zero-order valence-corrected chi connectivity index (χ0v) is 14.4. The number of halogens is 1. The van der Waals surface area contributed by atoms with E-state index in [4.69, 9.17) is 11.6 Å². The average Bonchev–Trinajstić information content (AvgIpc) is 3.04. The van der Waals surface area contributed by atoms with Gasteiger partial charge in [-0.2, -0.15) is 5.10 Å². The number of β-amino-alcohol motifs (C(OH)–C–C–N with tert-alkyl or cyclic N) is 1. The SMILES string of the molecule is CC(O)CN1CCN(C(=O)c2ccn(-c3ccccc3Cl)n2)CC1. The molecule has 0 bridgehead atoms. The van der Waals surface area contributed by atoms with Gasteiger partial charge in [0.1, 0.15) is 0 Å². The molecular weight excluding hydrogens is 328 g/mol. The van der Waals surface area contributed by atoms with Crippen molar-refractivity contribution in [2.75, 3.05) is 32.7 Å². The summed E-state index contributed by atoms with van der Waals surface area (Å²) in [5, 5.41) is 14.4. The molecule has 24 heavy (non-hydrogen) atoms. The van der Waals surface area contributed by atoms with Crippen molar-refractivity contribution in [3.05, 3.63) is 47.2 Å². The van der Waals surface area contributed by atoms with Gasteiger partial charge >= 0.3 is 0 Å². The lowest BCUT2D eigenvalue weighted by Gasteiger charge is -2.34. The number of rotatable bonds is 4. The van der Waals surface area contributed by atoms with Crippen LogP contribution in [0.2, 0.25) is 5.02 Å². The summed E-state index contributed by atoms with van der Waals surface area (Å²) in [5.41, 5.74) is 1.17. The van der Waals surface area contributed by atoms with E-state index in [0.717, 1.165) is 18.8 Å². The van der Waals surface area contributed by atoms with Crippen molar-refractivity contribution in [2.24, 2.45) is 0 Å². The molecule has 1 saturated heterocycles. The van der Waals surface area contributed by atoms with E-state index in [-0.39, 0.29) is 12.0 Å². The molecule has 1 atom stereocenters. The fraction of sp³-hybridized carbons (Fsp3) is 0.412. The van der Waals surface area contributed by atoms with Crippen LogP contribution in [-0.4, -0.2) is 69.4 Å². The van der Waals surface area contributed by atoms with E-state index in [1.165, 1.54) is 0 Å². The van der Waals surface area contributed by atoms with Gasteiger partial charge < -0.3 is 10.0 Å². The number of carbonyl (C=O) groups excluding carboxylic acids is 1. The lowest BCUT2D eigenvalue weighted by atomic mass is 10.2. The van der Waals surface area contributed by atoms with Crippen LogP contribution in [0.25, 0.3) is 5.69 Å². The first-order chi connectivity index (χ1) is 11.5. The Labute approximate surface area is 146 Å². The van der Waals surface area contributed by atoms with Crippen molar-refractivity contribution in [1.82, 2.24) is 19.6 Å². The molecular formula is C17H21ClN4O2. The van der Waals surface area contributed by atoms with Crippen molar-refractivity contribution in [1.29, 1.82) is 0 Å². The van der Waals surface area contributed by atoms with E-state index in [1.54, 1.807) is 34.8 Å². The van der Waals surface area contributed by atoms with Crippen molar-refractivity contribution in [3.8, 4) is 5.69 Å². The highest BCUT2D eigenvalue weighted by molar-refractivity contribution is 6.32. The number of amides is 1. The van der Waals surface area contributed by atoms with Crippen LogP contribution >= 0.6 is 11.6 Å². The summed E-state index contributed by atoms with van der Waals surface area (Å²) in [5.74, 6) is -0.0718. The molecule has 0 saturated carbocycles. The molecule has 0 radical (unpaired) electrons. The normalized spacial score (nSPS) is 17.0. The summed E-state index contributed by atoms with van der Waals surface area (Å²) in [6, 6.07) is 9.10. The number of nitrogens with zero attached hydrogens (tertiary/aromatic N) is 4. The number of aliphatic hydroxyl groups excluding tert-OH is 1. The number of aromatic nitrogens is 2. The van der Waals surface area contributed by atoms with Crippen LogP contribution in [0.3, 0.4) is 0 Å². The zero-order valence-electron chi connectivity index (χ0n) is 13.6. The summed E-state index contributed by atoms with van der Waals surface area (Å²) in [4.78, 5) is 16.6. The van der Waals surface area contributed by atoms with Crippen LogP contribution < -0.4 is 0 Å². The Bertz CT molecular complexity index is 708. The minimum Gasteiger partial charge on any atom is -0.392 e. The number of hydrogen-bond acceptors (Lipinski definition) is 4. The van der Waals surface area contributed by atoms with Crippen LogP contribution in [0.4, 0.5) is 0 Å². The molecule has 2 aromatic rings. The molecule has 0 spiro atoms. The highest BCUT2D eigenvalue weighted by Crippen LogP contribution is 2.19. The fourth-order valence-corrected chi connectivity index (χ4v) is 3.10. The van der Waals surface area contributed by atoms with Crippen LogP contribution in [0.1, 0.15) is 17.4 Å². The van der Waals surface area contributed by atoms with Crippen molar-refractivity contribution < 1.29 is 9.90 Å². The lowest BCUT2D eigenvalue weighted by Crippen LogP contribution is -2.50. The number of hydrogen-bond donors (Lipinski definition) is 1. The standard InChI is InChI=1S/C17H21ClN4O2/c1-13(23)12-20-8-10-21(11-9-20)17(24)15-6-7-22(19-15)16-5-3-2-4-14(16)18/h2-7,13,23H,8-12H2,1H3. The molecule has 0 aliphatic carbocycles. The second-order valence-electron chi connectivity index (χ2n) is 6.04. The van der Waals surface area contributed by atoms with Gasteiger partial charge in [-0.3, -0.25) is 9.69 Å². The summed E-state index contributed by atoms with van der Waals surface area (Å²) in [6.07, 6.45) is 1.40. The van der Waals surface area contributed by atoms with Crippen LogP contribution in [0.5, 0.6) is 0 Å². The second-order valence-corrected chi connectivity index (χ2v) is 6.45. The summed E-state index contributed by atoms with van der Waals surface area (Å²) in [7, 11) is 0.